The van der Waals surface area contributed by atoms with E-state index in [-0.39, 0.29) is 11.2 Å². The molecule has 0 aromatic carbocycles. The van der Waals surface area contributed by atoms with Crippen molar-refractivity contribution >= 4 is 13.5 Å². The number of nitrogens with zero attached hydrogens (tertiary/aromatic N) is 2. The molecule has 0 atom stereocenters. The van der Waals surface area contributed by atoms with Gasteiger partial charge in [0.05, 0.1) is 11.1 Å². The van der Waals surface area contributed by atoms with Crippen LogP contribution in [0.25, 0.3) is 0 Å². The number of hydrogen-bond donors (Lipinski definition) is 0. The maximum Gasteiger partial charge on any atom is 0.285 e. The van der Waals surface area contributed by atoms with Gasteiger partial charge in [-0.15, -0.1) is 0 Å². The average Bonchev–Trinajstić information content (AvgIpc) is 2.16. The number of nitro groups is 1. The van der Waals surface area contributed by atoms with Crippen LogP contribution < -0.4 is 5.56 Å². The topological polar surface area (TPSA) is 65.1 Å². The van der Waals surface area contributed by atoms with E-state index in [1.807, 2.05) is 7.85 Å². The van der Waals surface area contributed by atoms with E-state index in [4.69, 9.17) is 0 Å². The van der Waals surface area contributed by atoms with Gasteiger partial charge in [-0.1, -0.05) is 6.32 Å². The lowest BCUT2D eigenvalue weighted by molar-refractivity contribution is -0.385. The SMILES string of the molecule is BCCCn1cc([N+](=O)[O-])ccc1=O. The van der Waals surface area contributed by atoms with Crippen molar-refractivity contribution in [2.24, 2.45) is 0 Å². The highest BCUT2D eigenvalue weighted by Crippen LogP contribution is 2.06. The molecule has 0 aliphatic carbocycles. The van der Waals surface area contributed by atoms with Crippen LogP contribution in [0.4, 0.5) is 5.69 Å². The minimum absolute atomic E-state index is 0.0410. The quantitative estimate of drug-likeness (QED) is 0.390. The van der Waals surface area contributed by atoms with Crippen LogP contribution >= 0.6 is 0 Å². The highest BCUT2D eigenvalue weighted by molar-refractivity contribution is 6.08. The number of aryl methyl sites for hydroxylation is 1. The van der Waals surface area contributed by atoms with Crippen LogP contribution in [0.2, 0.25) is 6.32 Å². The molecule has 0 aliphatic rings. The van der Waals surface area contributed by atoms with Gasteiger partial charge < -0.3 is 4.57 Å². The highest BCUT2D eigenvalue weighted by Gasteiger charge is 2.06. The van der Waals surface area contributed by atoms with Crippen molar-refractivity contribution in [3.8, 4) is 0 Å². The minimum Gasteiger partial charge on any atom is -0.309 e. The van der Waals surface area contributed by atoms with Crippen LogP contribution in [0.3, 0.4) is 0 Å². The lowest BCUT2D eigenvalue weighted by Gasteiger charge is -2.02. The van der Waals surface area contributed by atoms with Gasteiger partial charge in [-0.05, 0) is 6.42 Å². The normalized spacial score (nSPS) is 10.0. The van der Waals surface area contributed by atoms with Gasteiger partial charge in [0.2, 0.25) is 0 Å². The third-order valence-corrected chi connectivity index (χ3v) is 1.93. The fourth-order valence-electron chi connectivity index (χ4n) is 1.13. The van der Waals surface area contributed by atoms with Crippen LogP contribution in [0.15, 0.2) is 23.1 Å². The second-order valence-electron chi connectivity index (χ2n) is 3.03. The molecule has 0 unspecified atom stereocenters. The summed E-state index contributed by atoms with van der Waals surface area (Å²) in [5, 5.41) is 10.4. The van der Waals surface area contributed by atoms with Gasteiger partial charge in [-0.25, -0.2) is 0 Å². The van der Waals surface area contributed by atoms with Crippen molar-refractivity contribution in [2.75, 3.05) is 0 Å². The van der Waals surface area contributed by atoms with Crippen LogP contribution in [0.1, 0.15) is 6.42 Å². The summed E-state index contributed by atoms with van der Waals surface area (Å²) in [6.45, 7) is 0.539. The summed E-state index contributed by atoms with van der Waals surface area (Å²) in [5.74, 6) is 0. The van der Waals surface area contributed by atoms with E-state index >= 15 is 0 Å². The fourth-order valence-corrected chi connectivity index (χ4v) is 1.13. The first-order valence-electron chi connectivity index (χ1n) is 4.50. The summed E-state index contributed by atoms with van der Waals surface area (Å²) < 4.78 is 1.38. The Bertz CT molecular complexity index is 388. The van der Waals surface area contributed by atoms with Gasteiger partial charge in [0.25, 0.3) is 11.2 Å². The summed E-state index contributed by atoms with van der Waals surface area (Å²) in [4.78, 5) is 21.2. The van der Waals surface area contributed by atoms with Gasteiger partial charge in [-0.2, -0.15) is 0 Å². The zero-order chi connectivity index (χ0) is 10.6. The Morgan fingerprint density at radius 3 is 2.79 bits per heavy atom. The molecule has 0 N–H and O–H groups in total. The van der Waals surface area contributed by atoms with Crippen molar-refractivity contribution in [3.63, 3.8) is 0 Å². The van der Waals surface area contributed by atoms with Crippen molar-refractivity contribution in [3.05, 3.63) is 38.8 Å². The molecular weight excluding hydrogens is 183 g/mol. The molecule has 0 radical (unpaired) electrons. The molecule has 0 saturated carbocycles. The molecule has 0 spiro atoms. The third kappa shape index (κ3) is 2.45. The summed E-state index contributed by atoms with van der Waals surface area (Å²) in [5.41, 5.74) is -0.232. The van der Waals surface area contributed by atoms with E-state index in [2.05, 4.69) is 0 Å². The summed E-state index contributed by atoms with van der Waals surface area (Å²) in [7, 11) is 2.00. The van der Waals surface area contributed by atoms with Gasteiger partial charge in [0, 0.05) is 18.7 Å². The zero-order valence-corrected chi connectivity index (χ0v) is 7.97. The van der Waals surface area contributed by atoms with Crippen LogP contribution in [0, 0.1) is 10.1 Å². The van der Waals surface area contributed by atoms with Crippen molar-refractivity contribution in [2.45, 2.75) is 19.3 Å². The first-order chi connectivity index (χ1) is 6.65. The molecular formula is C8H11BN2O3. The summed E-state index contributed by atoms with van der Waals surface area (Å²) >= 11 is 0. The number of aromatic nitrogens is 1. The van der Waals surface area contributed by atoms with Gasteiger partial charge in [0.1, 0.15) is 7.85 Å². The summed E-state index contributed by atoms with van der Waals surface area (Å²) in [6, 6.07) is 2.46. The number of pyridine rings is 1. The molecule has 1 heterocycles. The Balaban J connectivity index is 2.96. The molecule has 0 amide bonds. The third-order valence-electron chi connectivity index (χ3n) is 1.93. The van der Waals surface area contributed by atoms with E-state index in [1.54, 1.807) is 0 Å². The first-order valence-corrected chi connectivity index (χ1v) is 4.50. The molecule has 1 rings (SSSR count). The molecule has 1 aromatic heterocycles. The van der Waals surface area contributed by atoms with E-state index in [9.17, 15) is 14.9 Å². The van der Waals surface area contributed by atoms with E-state index < -0.39 is 4.92 Å². The minimum atomic E-state index is -0.498. The zero-order valence-electron chi connectivity index (χ0n) is 7.97. The maximum absolute atomic E-state index is 11.2. The van der Waals surface area contributed by atoms with Crippen LogP contribution in [-0.4, -0.2) is 17.3 Å². The smallest absolute Gasteiger partial charge is 0.285 e. The fraction of sp³-hybridized carbons (Fsp3) is 0.375. The molecule has 14 heavy (non-hydrogen) atoms. The molecule has 0 fully saturated rings. The largest absolute Gasteiger partial charge is 0.309 e. The van der Waals surface area contributed by atoms with Gasteiger partial charge in [-0.3, -0.25) is 14.9 Å². The molecule has 0 bridgehead atoms. The highest BCUT2D eigenvalue weighted by atomic mass is 16.6. The summed E-state index contributed by atoms with van der Waals surface area (Å²) in [6.07, 6.45) is 3.09. The van der Waals surface area contributed by atoms with E-state index in [0.717, 1.165) is 12.7 Å². The monoisotopic (exact) mass is 194 g/mol. The van der Waals surface area contributed by atoms with Gasteiger partial charge >= 0.3 is 0 Å². The Kier molecular flexibility index (Phi) is 3.44. The Morgan fingerprint density at radius 1 is 1.50 bits per heavy atom. The van der Waals surface area contributed by atoms with Crippen molar-refractivity contribution < 1.29 is 4.92 Å². The van der Waals surface area contributed by atoms with Crippen LogP contribution in [0.5, 0.6) is 0 Å². The number of rotatable bonds is 4. The maximum atomic E-state index is 11.2. The average molecular weight is 194 g/mol. The molecule has 0 saturated heterocycles. The second-order valence-corrected chi connectivity index (χ2v) is 3.03. The standard InChI is InChI=1S/C8H11BN2O3/c9-4-1-5-10-6-7(11(13)14)2-3-8(10)12/h2-3,6H,1,4-5,9H2. The molecule has 74 valence electrons. The Morgan fingerprint density at radius 2 is 2.21 bits per heavy atom. The predicted octanol–water partition coefficient (Wildman–Crippen LogP) is 0.198. The Hall–Kier alpha value is -1.59. The van der Waals surface area contributed by atoms with Crippen molar-refractivity contribution in [1.82, 2.24) is 4.57 Å². The Labute approximate surface area is 81.9 Å². The van der Waals surface area contributed by atoms with E-state index in [0.29, 0.717) is 6.54 Å². The number of hydrogen-bond acceptors (Lipinski definition) is 3. The molecule has 6 heteroatoms. The second kappa shape index (κ2) is 4.60. The molecule has 1 aromatic rings. The lowest BCUT2D eigenvalue weighted by atomic mass is 10.0. The van der Waals surface area contributed by atoms with Gasteiger partial charge in [0.15, 0.2) is 0 Å². The van der Waals surface area contributed by atoms with E-state index in [1.165, 1.54) is 22.9 Å². The molecule has 0 aliphatic heterocycles. The first kappa shape index (κ1) is 10.5. The predicted molar refractivity (Wildman–Crippen MR) is 55.3 cm³/mol. The molecule has 5 nitrogen and oxygen atoms in total. The van der Waals surface area contributed by atoms with Crippen molar-refractivity contribution in [1.29, 1.82) is 0 Å². The lowest BCUT2D eigenvalue weighted by Crippen LogP contribution is -2.18. The van der Waals surface area contributed by atoms with Crippen LogP contribution in [-0.2, 0) is 6.54 Å².